The number of rotatable bonds is 13. The van der Waals surface area contributed by atoms with Gasteiger partial charge in [-0.3, -0.25) is 14.4 Å². The van der Waals surface area contributed by atoms with E-state index in [4.69, 9.17) is 4.74 Å². The van der Waals surface area contributed by atoms with Gasteiger partial charge in [0.1, 0.15) is 0 Å². The van der Waals surface area contributed by atoms with Gasteiger partial charge >= 0.3 is 0 Å². The number of nitrogens with one attached hydrogen (secondary N) is 1. The van der Waals surface area contributed by atoms with E-state index < -0.39 is 5.92 Å². The SMILES string of the molecule is C=CCCCOCc1ccccc1C(=O)C[C@@H](CC=C)C(=O)NOC. The third-order valence-corrected chi connectivity index (χ3v) is 3.73. The first-order valence-corrected chi connectivity index (χ1v) is 8.37. The molecule has 5 heteroatoms. The minimum absolute atomic E-state index is 0.0920. The third kappa shape index (κ3) is 7.45. The van der Waals surface area contributed by atoms with E-state index in [-0.39, 0.29) is 18.1 Å². The molecule has 0 heterocycles. The molecule has 1 aromatic rings. The molecule has 0 radical (unpaired) electrons. The number of Topliss-reactive ketones (excluding diaryl/α,β-unsaturated/α-hetero) is 1. The first-order valence-electron chi connectivity index (χ1n) is 8.37. The molecule has 0 aliphatic heterocycles. The highest BCUT2D eigenvalue weighted by Crippen LogP contribution is 2.18. The lowest BCUT2D eigenvalue weighted by Gasteiger charge is -2.15. The predicted molar refractivity (Wildman–Crippen MR) is 97.9 cm³/mol. The van der Waals surface area contributed by atoms with Gasteiger partial charge in [-0.05, 0) is 24.8 Å². The van der Waals surface area contributed by atoms with E-state index in [1.54, 1.807) is 12.1 Å². The van der Waals surface area contributed by atoms with Gasteiger partial charge in [0.05, 0.1) is 19.6 Å². The average molecular weight is 345 g/mol. The van der Waals surface area contributed by atoms with Gasteiger partial charge in [0.15, 0.2) is 5.78 Å². The molecule has 1 aromatic carbocycles. The summed E-state index contributed by atoms with van der Waals surface area (Å²) in [4.78, 5) is 29.3. The van der Waals surface area contributed by atoms with Crippen LogP contribution in [-0.2, 0) is 21.0 Å². The first kappa shape index (κ1) is 20.8. The number of carbonyl (C=O) groups excluding carboxylic acids is 2. The van der Waals surface area contributed by atoms with Crippen LogP contribution < -0.4 is 5.48 Å². The zero-order valence-corrected chi connectivity index (χ0v) is 14.8. The molecule has 0 saturated carbocycles. The van der Waals surface area contributed by atoms with Crippen LogP contribution in [0.2, 0.25) is 0 Å². The van der Waals surface area contributed by atoms with E-state index >= 15 is 0 Å². The quantitative estimate of drug-likeness (QED) is 0.257. The molecule has 0 aliphatic carbocycles. The molecule has 25 heavy (non-hydrogen) atoms. The highest BCUT2D eigenvalue weighted by Gasteiger charge is 2.22. The van der Waals surface area contributed by atoms with Gasteiger partial charge in [0, 0.05) is 18.6 Å². The molecule has 1 amide bonds. The molecule has 0 unspecified atom stereocenters. The van der Waals surface area contributed by atoms with E-state index in [2.05, 4.69) is 23.5 Å². The summed E-state index contributed by atoms with van der Waals surface area (Å²) in [5, 5.41) is 0. The Morgan fingerprint density at radius 1 is 1.24 bits per heavy atom. The van der Waals surface area contributed by atoms with E-state index in [1.807, 2.05) is 24.3 Å². The number of ketones is 1. The minimum atomic E-state index is -0.508. The summed E-state index contributed by atoms with van der Waals surface area (Å²) in [5.74, 6) is -0.927. The fraction of sp³-hybridized carbons (Fsp3) is 0.400. The molecular weight excluding hydrogens is 318 g/mol. The van der Waals surface area contributed by atoms with E-state index in [0.29, 0.717) is 25.2 Å². The monoisotopic (exact) mass is 345 g/mol. The van der Waals surface area contributed by atoms with Crippen molar-refractivity contribution >= 4 is 11.7 Å². The van der Waals surface area contributed by atoms with E-state index in [0.717, 1.165) is 18.4 Å². The lowest BCUT2D eigenvalue weighted by Crippen LogP contribution is -2.31. The zero-order valence-electron chi connectivity index (χ0n) is 14.8. The first-order chi connectivity index (χ1) is 12.1. The summed E-state index contributed by atoms with van der Waals surface area (Å²) in [5.41, 5.74) is 3.70. The molecule has 136 valence electrons. The summed E-state index contributed by atoms with van der Waals surface area (Å²) in [6.45, 7) is 8.31. The zero-order chi connectivity index (χ0) is 18.5. The maximum atomic E-state index is 12.7. The molecule has 1 N–H and O–H groups in total. The Balaban J connectivity index is 2.74. The van der Waals surface area contributed by atoms with Gasteiger partial charge in [-0.25, -0.2) is 5.48 Å². The molecule has 0 aromatic heterocycles. The van der Waals surface area contributed by atoms with Crippen molar-refractivity contribution in [2.75, 3.05) is 13.7 Å². The number of hydrogen-bond acceptors (Lipinski definition) is 4. The topological polar surface area (TPSA) is 64.6 Å². The van der Waals surface area contributed by atoms with Gasteiger partial charge < -0.3 is 4.74 Å². The van der Waals surface area contributed by atoms with Crippen LogP contribution in [0.25, 0.3) is 0 Å². The molecule has 1 atom stereocenters. The standard InChI is InChI=1S/C20H27NO4/c1-4-6-9-13-25-15-17-11-7-8-12-18(17)19(22)14-16(10-5-2)20(23)21-24-3/h4-5,7-8,11-12,16H,1-2,6,9-10,13-15H2,3H3,(H,21,23)/t16-/m1/s1. The largest absolute Gasteiger partial charge is 0.377 e. The normalized spacial score (nSPS) is 11.6. The molecular formula is C20H27NO4. The van der Waals surface area contributed by atoms with Crippen molar-refractivity contribution < 1.29 is 19.2 Å². The second-order valence-corrected chi connectivity index (χ2v) is 5.66. The Morgan fingerprint density at radius 2 is 2.00 bits per heavy atom. The van der Waals surface area contributed by atoms with Crippen molar-refractivity contribution in [3.8, 4) is 0 Å². The maximum Gasteiger partial charge on any atom is 0.247 e. The van der Waals surface area contributed by atoms with Crippen molar-refractivity contribution in [2.45, 2.75) is 32.3 Å². The van der Waals surface area contributed by atoms with Gasteiger partial charge in [0.2, 0.25) is 5.91 Å². The molecule has 1 rings (SSSR count). The van der Waals surface area contributed by atoms with Crippen LogP contribution in [0.4, 0.5) is 0 Å². The second kappa shape index (κ2) is 12.2. The Morgan fingerprint density at radius 3 is 2.68 bits per heavy atom. The van der Waals surface area contributed by atoms with Gasteiger partial charge in [-0.2, -0.15) is 0 Å². The fourth-order valence-corrected chi connectivity index (χ4v) is 2.43. The molecule has 0 saturated heterocycles. The minimum Gasteiger partial charge on any atom is -0.377 e. The van der Waals surface area contributed by atoms with Crippen LogP contribution in [0.15, 0.2) is 49.6 Å². The lowest BCUT2D eigenvalue weighted by atomic mass is 9.93. The highest BCUT2D eigenvalue weighted by atomic mass is 16.6. The lowest BCUT2D eigenvalue weighted by molar-refractivity contribution is -0.135. The third-order valence-electron chi connectivity index (χ3n) is 3.73. The summed E-state index contributed by atoms with van der Waals surface area (Å²) in [6.07, 6.45) is 5.78. The fourth-order valence-electron chi connectivity index (χ4n) is 2.43. The molecule has 0 spiro atoms. The Kier molecular flexibility index (Phi) is 10.1. The number of allylic oxidation sites excluding steroid dienone is 2. The number of amides is 1. The average Bonchev–Trinajstić information content (AvgIpc) is 2.61. The van der Waals surface area contributed by atoms with Crippen molar-refractivity contribution in [3.05, 3.63) is 60.7 Å². The number of carbonyl (C=O) groups is 2. The van der Waals surface area contributed by atoms with Crippen molar-refractivity contribution in [1.29, 1.82) is 0 Å². The van der Waals surface area contributed by atoms with E-state index in [9.17, 15) is 9.59 Å². The Labute approximate surface area is 149 Å². The molecule has 0 aliphatic rings. The summed E-state index contributed by atoms with van der Waals surface area (Å²) in [6, 6.07) is 7.33. The van der Waals surface area contributed by atoms with Crippen LogP contribution in [0, 0.1) is 5.92 Å². The molecule has 0 fully saturated rings. The van der Waals surface area contributed by atoms with Crippen LogP contribution in [0.5, 0.6) is 0 Å². The Hall–Kier alpha value is -2.24. The van der Waals surface area contributed by atoms with Crippen LogP contribution in [0.3, 0.4) is 0 Å². The predicted octanol–water partition coefficient (Wildman–Crippen LogP) is 3.61. The van der Waals surface area contributed by atoms with Crippen molar-refractivity contribution in [3.63, 3.8) is 0 Å². The van der Waals surface area contributed by atoms with Gasteiger partial charge in [-0.1, -0.05) is 36.4 Å². The summed E-state index contributed by atoms with van der Waals surface area (Å²) < 4.78 is 5.64. The van der Waals surface area contributed by atoms with E-state index in [1.165, 1.54) is 7.11 Å². The van der Waals surface area contributed by atoms with Crippen molar-refractivity contribution in [2.24, 2.45) is 5.92 Å². The highest BCUT2D eigenvalue weighted by molar-refractivity contribution is 5.99. The number of benzene rings is 1. The van der Waals surface area contributed by atoms with Gasteiger partial charge in [0.25, 0.3) is 0 Å². The summed E-state index contributed by atoms with van der Waals surface area (Å²) >= 11 is 0. The Bertz CT molecular complexity index is 583. The van der Waals surface area contributed by atoms with Crippen LogP contribution in [-0.4, -0.2) is 25.4 Å². The van der Waals surface area contributed by atoms with Crippen LogP contribution >= 0.6 is 0 Å². The summed E-state index contributed by atoms with van der Waals surface area (Å²) in [7, 11) is 1.36. The number of ether oxygens (including phenoxy) is 1. The maximum absolute atomic E-state index is 12.7. The smallest absolute Gasteiger partial charge is 0.247 e. The second-order valence-electron chi connectivity index (χ2n) is 5.66. The molecule has 0 bridgehead atoms. The number of hydrogen-bond donors (Lipinski definition) is 1. The number of unbranched alkanes of at least 4 members (excludes halogenated alkanes) is 1. The van der Waals surface area contributed by atoms with Gasteiger partial charge in [-0.15, -0.1) is 13.2 Å². The van der Waals surface area contributed by atoms with Crippen molar-refractivity contribution in [1.82, 2.24) is 5.48 Å². The van der Waals surface area contributed by atoms with Crippen LogP contribution in [0.1, 0.15) is 41.6 Å². The molecule has 5 nitrogen and oxygen atoms in total. The number of hydroxylamine groups is 1.